The van der Waals surface area contributed by atoms with Crippen LogP contribution >= 0.6 is 0 Å². The fourth-order valence-corrected chi connectivity index (χ4v) is 2.25. The van der Waals surface area contributed by atoms with Crippen molar-refractivity contribution in [1.29, 1.82) is 0 Å². The van der Waals surface area contributed by atoms with Crippen LogP contribution in [0.3, 0.4) is 0 Å². The standard InChI is InChI=1S/C13H25N3O3/c1-10(17)15-9-11-3-6-16(7-4-11)13(18)12(14)5-8-19-2/h11-12H,3-9,14H2,1-2H3,(H,15,17). The summed E-state index contributed by atoms with van der Waals surface area (Å²) in [5.74, 6) is 0.471. The molecule has 0 aromatic rings. The maximum absolute atomic E-state index is 12.1. The first kappa shape index (κ1) is 15.9. The Labute approximate surface area is 114 Å². The van der Waals surface area contributed by atoms with Crippen LogP contribution < -0.4 is 11.1 Å². The van der Waals surface area contributed by atoms with Crippen molar-refractivity contribution in [3.8, 4) is 0 Å². The van der Waals surface area contributed by atoms with Crippen LogP contribution in [0.25, 0.3) is 0 Å². The van der Waals surface area contributed by atoms with Gasteiger partial charge in [0, 0.05) is 40.3 Å². The quantitative estimate of drug-likeness (QED) is 0.696. The lowest BCUT2D eigenvalue weighted by Gasteiger charge is -2.33. The SMILES string of the molecule is COCCC(N)C(=O)N1CCC(CNC(C)=O)CC1. The van der Waals surface area contributed by atoms with E-state index in [-0.39, 0.29) is 11.8 Å². The summed E-state index contributed by atoms with van der Waals surface area (Å²) in [4.78, 5) is 24.7. The Morgan fingerprint density at radius 2 is 2.05 bits per heavy atom. The summed E-state index contributed by atoms with van der Waals surface area (Å²) in [6.07, 6.45) is 2.40. The zero-order valence-corrected chi connectivity index (χ0v) is 11.9. The molecule has 0 radical (unpaired) electrons. The van der Waals surface area contributed by atoms with Crippen molar-refractivity contribution in [3.63, 3.8) is 0 Å². The largest absolute Gasteiger partial charge is 0.385 e. The van der Waals surface area contributed by atoms with Gasteiger partial charge in [0.25, 0.3) is 0 Å². The van der Waals surface area contributed by atoms with Crippen LogP contribution in [0.2, 0.25) is 0 Å². The van der Waals surface area contributed by atoms with E-state index in [1.54, 1.807) is 7.11 Å². The van der Waals surface area contributed by atoms with Gasteiger partial charge >= 0.3 is 0 Å². The molecule has 0 spiro atoms. The molecule has 1 fully saturated rings. The lowest BCUT2D eigenvalue weighted by molar-refractivity contribution is -0.134. The Morgan fingerprint density at radius 1 is 1.42 bits per heavy atom. The molecule has 19 heavy (non-hydrogen) atoms. The van der Waals surface area contributed by atoms with Crippen LogP contribution in [0.5, 0.6) is 0 Å². The van der Waals surface area contributed by atoms with E-state index < -0.39 is 6.04 Å². The number of piperidine rings is 1. The molecule has 0 aromatic heterocycles. The van der Waals surface area contributed by atoms with E-state index >= 15 is 0 Å². The van der Waals surface area contributed by atoms with E-state index in [0.29, 0.717) is 25.5 Å². The number of rotatable bonds is 6. The van der Waals surface area contributed by atoms with Gasteiger partial charge in [-0.25, -0.2) is 0 Å². The van der Waals surface area contributed by atoms with Gasteiger partial charge in [0.2, 0.25) is 11.8 Å². The summed E-state index contributed by atoms with van der Waals surface area (Å²) in [6, 6.07) is -0.466. The van der Waals surface area contributed by atoms with E-state index in [0.717, 1.165) is 25.9 Å². The van der Waals surface area contributed by atoms with Gasteiger partial charge in [-0.05, 0) is 25.2 Å². The molecular weight excluding hydrogens is 246 g/mol. The second kappa shape index (κ2) is 8.12. The minimum absolute atomic E-state index is 0.0000869. The third-order valence-corrected chi connectivity index (χ3v) is 3.52. The van der Waals surface area contributed by atoms with E-state index in [1.165, 1.54) is 6.92 Å². The van der Waals surface area contributed by atoms with Crippen molar-refractivity contribution in [3.05, 3.63) is 0 Å². The number of nitrogens with zero attached hydrogens (tertiary/aromatic N) is 1. The topological polar surface area (TPSA) is 84.7 Å². The summed E-state index contributed by atoms with van der Waals surface area (Å²) in [5.41, 5.74) is 5.84. The fraction of sp³-hybridized carbons (Fsp3) is 0.846. The van der Waals surface area contributed by atoms with E-state index in [9.17, 15) is 9.59 Å². The Morgan fingerprint density at radius 3 is 2.58 bits per heavy atom. The molecule has 110 valence electrons. The molecule has 6 nitrogen and oxygen atoms in total. The molecule has 2 amide bonds. The van der Waals surface area contributed by atoms with Crippen LogP contribution in [-0.2, 0) is 14.3 Å². The van der Waals surface area contributed by atoms with E-state index in [2.05, 4.69) is 5.32 Å². The summed E-state index contributed by atoms with van der Waals surface area (Å²) < 4.78 is 4.93. The van der Waals surface area contributed by atoms with Crippen molar-refractivity contribution in [1.82, 2.24) is 10.2 Å². The summed E-state index contributed by atoms with van der Waals surface area (Å²) in [7, 11) is 1.60. The maximum Gasteiger partial charge on any atom is 0.239 e. The normalized spacial score (nSPS) is 18.2. The second-order valence-electron chi connectivity index (χ2n) is 5.09. The molecule has 1 saturated heterocycles. The maximum atomic E-state index is 12.1. The third kappa shape index (κ3) is 5.57. The predicted octanol–water partition coefficient (Wildman–Crippen LogP) is -0.275. The van der Waals surface area contributed by atoms with Gasteiger partial charge in [-0.15, -0.1) is 0 Å². The summed E-state index contributed by atoms with van der Waals surface area (Å²) >= 11 is 0. The molecule has 6 heteroatoms. The van der Waals surface area contributed by atoms with Crippen LogP contribution in [-0.4, -0.2) is 56.1 Å². The molecule has 3 N–H and O–H groups in total. The Balaban J connectivity index is 2.28. The molecule has 1 aliphatic rings. The Bertz CT molecular complexity index is 302. The number of nitrogens with one attached hydrogen (secondary N) is 1. The molecule has 0 aromatic carbocycles. The van der Waals surface area contributed by atoms with Crippen LogP contribution in [0.4, 0.5) is 0 Å². The smallest absolute Gasteiger partial charge is 0.239 e. The van der Waals surface area contributed by atoms with E-state index in [1.807, 2.05) is 4.90 Å². The zero-order valence-electron chi connectivity index (χ0n) is 11.9. The fourth-order valence-electron chi connectivity index (χ4n) is 2.25. The van der Waals surface area contributed by atoms with Gasteiger partial charge in [0.15, 0.2) is 0 Å². The number of hydrogen-bond donors (Lipinski definition) is 2. The van der Waals surface area contributed by atoms with Gasteiger partial charge in [0.1, 0.15) is 0 Å². The molecule has 0 bridgehead atoms. The van der Waals surface area contributed by atoms with Crippen LogP contribution in [0, 0.1) is 5.92 Å². The number of carbonyl (C=O) groups is 2. The molecule has 1 unspecified atom stereocenters. The van der Waals surface area contributed by atoms with Crippen molar-refractivity contribution < 1.29 is 14.3 Å². The van der Waals surface area contributed by atoms with Crippen LogP contribution in [0.1, 0.15) is 26.2 Å². The zero-order chi connectivity index (χ0) is 14.3. The van der Waals surface area contributed by atoms with Gasteiger partial charge < -0.3 is 20.7 Å². The van der Waals surface area contributed by atoms with Crippen molar-refractivity contribution >= 4 is 11.8 Å². The van der Waals surface area contributed by atoms with Gasteiger partial charge in [0.05, 0.1) is 6.04 Å². The van der Waals surface area contributed by atoms with Crippen molar-refractivity contribution in [2.24, 2.45) is 11.7 Å². The first-order chi connectivity index (χ1) is 9.04. The van der Waals surface area contributed by atoms with Gasteiger partial charge in [-0.2, -0.15) is 0 Å². The number of likely N-dealkylation sites (tertiary alicyclic amines) is 1. The average molecular weight is 271 g/mol. The number of nitrogens with two attached hydrogens (primary N) is 1. The number of amides is 2. The Kier molecular flexibility index (Phi) is 6.80. The lowest BCUT2D eigenvalue weighted by Crippen LogP contribution is -2.48. The Hall–Kier alpha value is -1.14. The molecule has 0 saturated carbocycles. The molecule has 1 aliphatic heterocycles. The lowest BCUT2D eigenvalue weighted by atomic mass is 9.96. The highest BCUT2D eigenvalue weighted by molar-refractivity contribution is 5.81. The molecule has 1 heterocycles. The van der Waals surface area contributed by atoms with Crippen molar-refractivity contribution in [2.75, 3.05) is 33.4 Å². The number of methoxy groups -OCH3 is 1. The number of ether oxygens (including phenoxy) is 1. The number of hydrogen-bond acceptors (Lipinski definition) is 4. The molecule has 1 atom stereocenters. The van der Waals surface area contributed by atoms with Gasteiger partial charge in [-0.1, -0.05) is 0 Å². The minimum atomic E-state index is -0.466. The summed E-state index contributed by atoms with van der Waals surface area (Å²) in [6.45, 7) is 4.18. The highest BCUT2D eigenvalue weighted by Gasteiger charge is 2.26. The first-order valence-corrected chi connectivity index (χ1v) is 6.82. The van der Waals surface area contributed by atoms with Gasteiger partial charge in [-0.3, -0.25) is 9.59 Å². The summed E-state index contributed by atoms with van der Waals surface area (Å²) in [5, 5.41) is 2.83. The molecular formula is C13H25N3O3. The first-order valence-electron chi connectivity index (χ1n) is 6.82. The van der Waals surface area contributed by atoms with Crippen LogP contribution in [0.15, 0.2) is 0 Å². The van der Waals surface area contributed by atoms with E-state index in [4.69, 9.17) is 10.5 Å². The third-order valence-electron chi connectivity index (χ3n) is 3.52. The average Bonchev–Trinajstić information content (AvgIpc) is 2.42. The number of carbonyl (C=O) groups excluding carboxylic acids is 2. The minimum Gasteiger partial charge on any atom is -0.385 e. The molecule has 0 aliphatic carbocycles. The monoisotopic (exact) mass is 271 g/mol. The highest BCUT2D eigenvalue weighted by Crippen LogP contribution is 2.17. The highest BCUT2D eigenvalue weighted by atomic mass is 16.5. The van der Waals surface area contributed by atoms with Crippen molar-refractivity contribution in [2.45, 2.75) is 32.2 Å². The second-order valence-corrected chi connectivity index (χ2v) is 5.09. The predicted molar refractivity (Wildman–Crippen MR) is 72.5 cm³/mol. The molecule has 1 rings (SSSR count).